The third kappa shape index (κ3) is 2.57. The molecule has 2 bridgehead atoms. The van der Waals surface area contributed by atoms with E-state index < -0.39 is 0 Å². The van der Waals surface area contributed by atoms with Crippen molar-refractivity contribution >= 4 is 11.6 Å². The minimum atomic E-state index is 0.659. The minimum Gasteiger partial charge on any atom is -0.310 e. The highest BCUT2D eigenvalue weighted by atomic mass is 35.5. The van der Waals surface area contributed by atoms with Crippen LogP contribution in [0.4, 0.5) is 0 Å². The molecule has 0 spiro atoms. The highest BCUT2D eigenvalue weighted by Gasteiger charge is 2.41. The maximum atomic E-state index is 5.66. The van der Waals surface area contributed by atoms with E-state index in [2.05, 4.69) is 19.2 Å². The zero-order chi connectivity index (χ0) is 10.8. The molecule has 1 N–H and O–H groups in total. The van der Waals surface area contributed by atoms with Crippen molar-refractivity contribution in [3.8, 4) is 0 Å². The number of nitrogens with one attached hydrogen (secondary N) is 1. The molecule has 0 aliphatic heterocycles. The summed E-state index contributed by atoms with van der Waals surface area (Å²) in [5, 5.41) is 3.61. The molecule has 2 saturated carbocycles. The molecule has 0 aromatic carbocycles. The Morgan fingerprint density at radius 3 is 2.80 bits per heavy atom. The van der Waals surface area contributed by atoms with Gasteiger partial charge in [-0.2, -0.15) is 0 Å². The van der Waals surface area contributed by atoms with Gasteiger partial charge in [0.05, 0.1) is 0 Å². The predicted molar refractivity (Wildman–Crippen MR) is 66.0 cm³/mol. The second-order valence-electron chi connectivity index (χ2n) is 5.46. The van der Waals surface area contributed by atoms with Crippen LogP contribution in [0.2, 0.25) is 0 Å². The Bertz CT molecular complexity index is 249. The van der Waals surface area contributed by atoms with Crippen molar-refractivity contribution in [3.05, 3.63) is 11.1 Å². The van der Waals surface area contributed by atoms with Gasteiger partial charge in [0.15, 0.2) is 0 Å². The lowest BCUT2D eigenvalue weighted by Gasteiger charge is -2.28. The monoisotopic (exact) mass is 227 g/mol. The first-order valence-corrected chi connectivity index (χ1v) is 6.63. The van der Waals surface area contributed by atoms with Gasteiger partial charge in [-0.05, 0) is 56.4 Å². The second-order valence-corrected chi connectivity index (χ2v) is 5.68. The van der Waals surface area contributed by atoms with Crippen LogP contribution in [-0.4, -0.2) is 12.6 Å². The maximum absolute atomic E-state index is 5.66. The molecule has 0 aromatic heterocycles. The van der Waals surface area contributed by atoms with Crippen LogP contribution in [0.15, 0.2) is 11.1 Å². The summed E-state index contributed by atoms with van der Waals surface area (Å²) in [7, 11) is 0. The number of hydrogen-bond acceptors (Lipinski definition) is 1. The Kier molecular flexibility index (Phi) is 3.73. The van der Waals surface area contributed by atoms with Crippen molar-refractivity contribution in [1.29, 1.82) is 0 Å². The second kappa shape index (κ2) is 4.88. The Labute approximate surface area is 98.3 Å². The summed E-state index contributed by atoms with van der Waals surface area (Å²) in [4.78, 5) is 0. The van der Waals surface area contributed by atoms with Gasteiger partial charge in [0.1, 0.15) is 0 Å². The van der Waals surface area contributed by atoms with E-state index in [1.165, 1.54) is 31.3 Å². The molecular weight excluding hydrogens is 206 g/mol. The van der Waals surface area contributed by atoms with Gasteiger partial charge in [-0.1, -0.05) is 18.0 Å². The Balaban J connectivity index is 1.79. The lowest BCUT2D eigenvalue weighted by Crippen LogP contribution is -2.37. The number of fused-ring (bicyclic) bond motifs is 2. The number of hydrogen-bond donors (Lipinski definition) is 1. The summed E-state index contributed by atoms with van der Waals surface area (Å²) < 4.78 is 0. The minimum absolute atomic E-state index is 0.659. The molecule has 1 nitrogen and oxygen atoms in total. The van der Waals surface area contributed by atoms with Gasteiger partial charge in [-0.25, -0.2) is 0 Å². The van der Waals surface area contributed by atoms with Crippen LogP contribution in [0.5, 0.6) is 0 Å². The molecule has 0 radical (unpaired) electrons. The van der Waals surface area contributed by atoms with E-state index in [0.717, 1.165) is 24.3 Å². The molecule has 4 unspecified atom stereocenters. The van der Waals surface area contributed by atoms with Crippen LogP contribution in [0.1, 0.15) is 39.5 Å². The maximum Gasteiger partial charge on any atom is 0.0176 e. The van der Waals surface area contributed by atoms with Gasteiger partial charge in [0.25, 0.3) is 0 Å². The lowest BCUT2D eigenvalue weighted by molar-refractivity contribution is 0.264. The summed E-state index contributed by atoms with van der Waals surface area (Å²) in [6.45, 7) is 5.36. The molecule has 2 aliphatic carbocycles. The van der Waals surface area contributed by atoms with Crippen LogP contribution in [0.3, 0.4) is 0 Å². The van der Waals surface area contributed by atoms with Crippen molar-refractivity contribution in [2.24, 2.45) is 17.8 Å². The van der Waals surface area contributed by atoms with E-state index in [4.69, 9.17) is 11.6 Å². The summed E-state index contributed by atoms with van der Waals surface area (Å²) in [6.07, 6.45) is 5.93. The van der Waals surface area contributed by atoms with Crippen molar-refractivity contribution in [2.75, 3.05) is 6.54 Å². The highest BCUT2D eigenvalue weighted by molar-refractivity contribution is 6.25. The Morgan fingerprint density at radius 2 is 2.27 bits per heavy atom. The van der Waals surface area contributed by atoms with Crippen molar-refractivity contribution < 1.29 is 0 Å². The van der Waals surface area contributed by atoms with Gasteiger partial charge in [0.2, 0.25) is 0 Å². The topological polar surface area (TPSA) is 12.0 Å². The predicted octanol–water partition coefficient (Wildman–Crippen LogP) is 3.54. The molecule has 2 aliphatic rings. The summed E-state index contributed by atoms with van der Waals surface area (Å²) >= 11 is 5.66. The summed E-state index contributed by atoms with van der Waals surface area (Å²) in [5.74, 6) is 2.98. The lowest BCUT2D eigenvalue weighted by atomic mass is 9.84. The third-order valence-corrected chi connectivity index (χ3v) is 4.70. The average molecular weight is 228 g/mol. The first-order chi connectivity index (χ1) is 7.20. The van der Waals surface area contributed by atoms with Gasteiger partial charge in [-0.3, -0.25) is 0 Å². The zero-order valence-electron chi connectivity index (χ0n) is 9.80. The molecule has 15 heavy (non-hydrogen) atoms. The van der Waals surface area contributed by atoms with Crippen molar-refractivity contribution in [1.82, 2.24) is 5.32 Å². The molecule has 4 atom stereocenters. The van der Waals surface area contributed by atoms with Crippen LogP contribution in [0.25, 0.3) is 0 Å². The fourth-order valence-electron chi connectivity index (χ4n) is 3.42. The average Bonchev–Trinajstić information content (AvgIpc) is 2.86. The summed E-state index contributed by atoms with van der Waals surface area (Å²) in [6, 6.07) is 0.659. The normalized spacial score (nSPS) is 37.3. The molecule has 86 valence electrons. The fourth-order valence-corrected chi connectivity index (χ4v) is 3.50. The van der Waals surface area contributed by atoms with E-state index >= 15 is 0 Å². The molecule has 2 heteroatoms. The van der Waals surface area contributed by atoms with Gasteiger partial charge < -0.3 is 5.32 Å². The molecule has 0 amide bonds. The number of halogens is 1. The molecule has 0 saturated heterocycles. The summed E-state index contributed by atoms with van der Waals surface area (Å²) in [5.41, 5.74) is 2.91. The van der Waals surface area contributed by atoms with Gasteiger partial charge >= 0.3 is 0 Å². The smallest absolute Gasteiger partial charge is 0.0176 e. The fraction of sp³-hybridized carbons (Fsp3) is 0.846. The van der Waals surface area contributed by atoms with Crippen LogP contribution in [0, 0.1) is 17.8 Å². The third-order valence-electron chi connectivity index (χ3n) is 4.32. The van der Waals surface area contributed by atoms with Gasteiger partial charge in [-0.15, -0.1) is 0 Å². The zero-order valence-corrected chi connectivity index (χ0v) is 10.6. The van der Waals surface area contributed by atoms with Gasteiger partial charge in [0, 0.05) is 18.1 Å². The van der Waals surface area contributed by atoms with Crippen molar-refractivity contribution in [3.63, 3.8) is 0 Å². The molecular formula is C13H22ClN. The first-order valence-electron chi connectivity index (χ1n) is 6.20. The SMILES string of the molecule is CC(=CCl)CNC(C)C1CC2CCC1C2. The number of rotatable bonds is 4. The van der Waals surface area contributed by atoms with Crippen LogP contribution >= 0.6 is 11.6 Å². The largest absolute Gasteiger partial charge is 0.310 e. The molecule has 2 rings (SSSR count). The Hall–Kier alpha value is -0.0100. The van der Waals surface area contributed by atoms with Crippen molar-refractivity contribution in [2.45, 2.75) is 45.6 Å². The Morgan fingerprint density at radius 1 is 1.47 bits per heavy atom. The van der Waals surface area contributed by atoms with Crippen LogP contribution in [-0.2, 0) is 0 Å². The molecule has 0 heterocycles. The highest BCUT2D eigenvalue weighted by Crippen LogP contribution is 2.49. The quantitative estimate of drug-likeness (QED) is 0.775. The standard InChI is InChI=1S/C13H22ClN/c1-9(7-14)8-15-10(2)13-6-11-3-4-12(13)5-11/h7,10-13,15H,3-6,8H2,1-2H3. The first kappa shape index (κ1) is 11.5. The van der Waals surface area contributed by atoms with E-state index in [1.54, 1.807) is 5.54 Å². The molecule has 2 fully saturated rings. The van der Waals surface area contributed by atoms with E-state index in [9.17, 15) is 0 Å². The van der Waals surface area contributed by atoms with Crippen LogP contribution < -0.4 is 5.32 Å². The van der Waals surface area contributed by atoms with E-state index in [-0.39, 0.29) is 0 Å². The van der Waals surface area contributed by atoms with E-state index in [0.29, 0.717) is 6.04 Å². The molecule has 0 aromatic rings. The van der Waals surface area contributed by atoms with E-state index in [1.807, 2.05) is 0 Å².